The summed E-state index contributed by atoms with van der Waals surface area (Å²) < 4.78 is 0. The van der Waals surface area contributed by atoms with Gasteiger partial charge in [-0.1, -0.05) is 11.6 Å². The molecule has 1 aliphatic rings. The third-order valence-electron chi connectivity index (χ3n) is 2.73. The number of pyridine rings is 1. The molecule has 17 heavy (non-hydrogen) atoms. The third kappa shape index (κ3) is 3.33. The number of hydrogen-bond acceptors (Lipinski definition) is 3. The van der Waals surface area contributed by atoms with Gasteiger partial charge in [0.2, 0.25) is 0 Å². The highest BCUT2D eigenvalue weighted by Crippen LogP contribution is 2.28. The molecule has 1 aromatic rings. The molecule has 4 nitrogen and oxygen atoms in total. The van der Waals surface area contributed by atoms with Crippen molar-refractivity contribution in [2.45, 2.75) is 19.8 Å². The lowest BCUT2D eigenvalue weighted by molar-refractivity contribution is 0.0952. The Morgan fingerprint density at radius 1 is 1.59 bits per heavy atom. The highest BCUT2D eigenvalue weighted by Gasteiger charge is 2.22. The zero-order valence-electron chi connectivity index (χ0n) is 9.79. The first-order chi connectivity index (χ1) is 8.20. The first kappa shape index (κ1) is 12.2. The van der Waals surface area contributed by atoms with E-state index < -0.39 is 0 Å². The molecular weight excluding hydrogens is 238 g/mol. The maximum absolute atomic E-state index is 11.9. The topological polar surface area (TPSA) is 54.0 Å². The summed E-state index contributed by atoms with van der Waals surface area (Å²) in [7, 11) is 0. The lowest BCUT2D eigenvalue weighted by Gasteiger charge is -2.10. The molecule has 0 aromatic carbocycles. The van der Waals surface area contributed by atoms with Gasteiger partial charge < -0.3 is 10.6 Å². The maximum Gasteiger partial charge on any atom is 0.254 e. The van der Waals surface area contributed by atoms with Gasteiger partial charge in [0.05, 0.1) is 11.3 Å². The van der Waals surface area contributed by atoms with Crippen LogP contribution in [0, 0.1) is 5.92 Å². The SMILES string of the molecule is CCNc1cc(Cl)ncc1C(=O)NCC1CC1. The number of halogens is 1. The monoisotopic (exact) mass is 253 g/mol. The third-order valence-corrected chi connectivity index (χ3v) is 2.94. The van der Waals surface area contributed by atoms with Crippen molar-refractivity contribution in [3.63, 3.8) is 0 Å². The maximum atomic E-state index is 11.9. The second-order valence-electron chi connectivity index (χ2n) is 4.24. The van der Waals surface area contributed by atoms with Crippen molar-refractivity contribution >= 4 is 23.2 Å². The Morgan fingerprint density at radius 2 is 2.35 bits per heavy atom. The second kappa shape index (κ2) is 5.36. The molecule has 0 aliphatic heterocycles. The van der Waals surface area contributed by atoms with E-state index in [0.717, 1.165) is 18.8 Å². The molecule has 5 heteroatoms. The van der Waals surface area contributed by atoms with Crippen molar-refractivity contribution < 1.29 is 4.79 Å². The molecule has 2 rings (SSSR count). The summed E-state index contributed by atoms with van der Waals surface area (Å²) in [5, 5.41) is 6.42. The highest BCUT2D eigenvalue weighted by atomic mass is 35.5. The van der Waals surface area contributed by atoms with Gasteiger partial charge in [-0.3, -0.25) is 4.79 Å². The fourth-order valence-corrected chi connectivity index (χ4v) is 1.76. The fourth-order valence-electron chi connectivity index (χ4n) is 1.60. The smallest absolute Gasteiger partial charge is 0.254 e. The van der Waals surface area contributed by atoms with Gasteiger partial charge >= 0.3 is 0 Å². The zero-order valence-corrected chi connectivity index (χ0v) is 10.5. The van der Waals surface area contributed by atoms with E-state index in [1.807, 2.05) is 6.92 Å². The molecule has 92 valence electrons. The Balaban J connectivity index is 2.08. The van der Waals surface area contributed by atoms with Crippen LogP contribution in [0.2, 0.25) is 5.15 Å². The Bertz CT molecular complexity index is 418. The van der Waals surface area contributed by atoms with Crippen molar-refractivity contribution in [2.24, 2.45) is 5.92 Å². The molecule has 1 aromatic heterocycles. The molecule has 0 atom stereocenters. The Hall–Kier alpha value is -1.29. The number of anilines is 1. The van der Waals surface area contributed by atoms with E-state index in [9.17, 15) is 4.79 Å². The minimum absolute atomic E-state index is 0.0861. The van der Waals surface area contributed by atoms with Gasteiger partial charge in [-0.25, -0.2) is 4.98 Å². The Morgan fingerprint density at radius 3 is 3.00 bits per heavy atom. The predicted molar refractivity (Wildman–Crippen MR) is 68.5 cm³/mol. The van der Waals surface area contributed by atoms with Gasteiger partial charge in [-0.2, -0.15) is 0 Å². The van der Waals surface area contributed by atoms with Crippen LogP contribution in [0.1, 0.15) is 30.1 Å². The zero-order chi connectivity index (χ0) is 12.3. The molecule has 0 bridgehead atoms. The average molecular weight is 254 g/mol. The number of nitrogens with zero attached hydrogens (tertiary/aromatic N) is 1. The summed E-state index contributed by atoms with van der Waals surface area (Å²) in [5.41, 5.74) is 1.29. The largest absolute Gasteiger partial charge is 0.385 e. The second-order valence-corrected chi connectivity index (χ2v) is 4.62. The molecule has 1 heterocycles. The van der Waals surface area contributed by atoms with Crippen LogP contribution >= 0.6 is 11.6 Å². The number of rotatable bonds is 5. The van der Waals surface area contributed by atoms with E-state index >= 15 is 0 Å². The molecule has 2 N–H and O–H groups in total. The van der Waals surface area contributed by atoms with Crippen LogP contribution in [0.4, 0.5) is 5.69 Å². The molecule has 1 aliphatic carbocycles. The lowest BCUT2D eigenvalue weighted by Crippen LogP contribution is -2.26. The van der Waals surface area contributed by atoms with Crippen molar-refractivity contribution in [3.05, 3.63) is 23.0 Å². The quantitative estimate of drug-likeness (QED) is 0.792. The van der Waals surface area contributed by atoms with Crippen LogP contribution in [-0.4, -0.2) is 24.0 Å². The van der Waals surface area contributed by atoms with E-state index in [0.29, 0.717) is 16.6 Å². The summed E-state index contributed by atoms with van der Waals surface area (Å²) in [5.74, 6) is 0.582. The molecule has 1 fully saturated rings. The molecule has 0 unspecified atom stereocenters. The first-order valence-corrected chi connectivity index (χ1v) is 6.26. The van der Waals surface area contributed by atoms with Crippen molar-refractivity contribution in [2.75, 3.05) is 18.4 Å². The lowest BCUT2D eigenvalue weighted by atomic mass is 10.2. The van der Waals surface area contributed by atoms with Gasteiger partial charge in [0.25, 0.3) is 5.91 Å². The summed E-state index contributed by atoms with van der Waals surface area (Å²) >= 11 is 5.81. The number of carbonyl (C=O) groups excluding carboxylic acids is 1. The number of carbonyl (C=O) groups is 1. The van der Waals surface area contributed by atoms with Crippen LogP contribution in [0.25, 0.3) is 0 Å². The van der Waals surface area contributed by atoms with Crippen LogP contribution in [-0.2, 0) is 0 Å². The van der Waals surface area contributed by atoms with Crippen LogP contribution in [0.15, 0.2) is 12.3 Å². The van der Waals surface area contributed by atoms with Crippen molar-refractivity contribution in [3.8, 4) is 0 Å². The number of amides is 1. The minimum atomic E-state index is -0.0861. The fraction of sp³-hybridized carbons (Fsp3) is 0.500. The van der Waals surface area contributed by atoms with Crippen molar-refractivity contribution in [1.29, 1.82) is 0 Å². The molecular formula is C12H16ClN3O. The molecule has 1 saturated carbocycles. The Kier molecular flexibility index (Phi) is 3.84. The molecule has 0 spiro atoms. The molecule has 1 amide bonds. The van der Waals surface area contributed by atoms with Crippen LogP contribution in [0.5, 0.6) is 0 Å². The molecule has 0 saturated heterocycles. The van der Waals surface area contributed by atoms with Gasteiger partial charge in [0.1, 0.15) is 5.15 Å². The van der Waals surface area contributed by atoms with Crippen LogP contribution in [0.3, 0.4) is 0 Å². The number of hydrogen-bond donors (Lipinski definition) is 2. The van der Waals surface area contributed by atoms with Gasteiger partial charge in [-0.05, 0) is 31.7 Å². The van der Waals surface area contributed by atoms with E-state index in [1.54, 1.807) is 6.07 Å². The summed E-state index contributed by atoms with van der Waals surface area (Å²) in [6.45, 7) is 3.47. The van der Waals surface area contributed by atoms with Crippen molar-refractivity contribution in [1.82, 2.24) is 10.3 Å². The van der Waals surface area contributed by atoms with Gasteiger partial charge in [-0.15, -0.1) is 0 Å². The number of aromatic nitrogens is 1. The molecule has 0 radical (unpaired) electrons. The summed E-state index contributed by atoms with van der Waals surface area (Å²) in [6.07, 6.45) is 3.96. The normalized spacial score (nSPS) is 14.5. The van der Waals surface area contributed by atoms with Gasteiger partial charge in [0.15, 0.2) is 0 Å². The summed E-state index contributed by atoms with van der Waals surface area (Å²) in [4.78, 5) is 15.9. The van der Waals surface area contributed by atoms with Crippen LogP contribution < -0.4 is 10.6 Å². The first-order valence-electron chi connectivity index (χ1n) is 5.88. The highest BCUT2D eigenvalue weighted by molar-refractivity contribution is 6.29. The number of nitrogens with one attached hydrogen (secondary N) is 2. The Labute approximate surface area is 106 Å². The van der Waals surface area contributed by atoms with E-state index in [4.69, 9.17) is 11.6 Å². The van der Waals surface area contributed by atoms with E-state index in [2.05, 4.69) is 15.6 Å². The van der Waals surface area contributed by atoms with E-state index in [1.165, 1.54) is 19.0 Å². The summed E-state index contributed by atoms with van der Waals surface area (Å²) in [6, 6.07) is 1.68. The van der Waals surface area contributed by atoms with E-state index in [-0.39, 0.29) is 5.91 Å². The average Bonchev–Trinajstić information content (AvgIpc) is 3.10. The minimum Gasteiger partial charge on any atom is -0.385 e. The standard InChI is InChI=1S/C12H16ClN3O/c1-2-14-10-5-11(13)15-7-9(10)12(17)16-6-8-3-4-8/h5,7-8H,2-4,6H2,1H3,(H,14,15)(H,16,17). The predicted octanol–water partition coefficient (Wildman–Crippen LogP) is 2.31. The van der Waals surface area contributed by atoms with Gasteiger partial charge in [0, 0.05) is 19.3 Å².